The number of carbonyl (C=O) groups is 4. The van der Waals surface area contributed by atoms with Crippen LogP contribution in [0.5, 0.6) is 11.6 Å². The van der Waals surface area contributed by atoms with Crippen LogP contribution < -0.4 is 14.2 Å². The van der Waals surface area contributed by atoms with Crippen molar-refractivity contribution in [2.24, 2.45) is 29.1 Å². The number of carbonyl (C=O) groups excluding carboxylic acids is 4. The highest BCUT2D eigenvalue weighted by atomic mass is 32.2. The summed E-state index contributed by atoms with van der Waals surface area (Å²) < 4.78 is 59.6. The van der Waals surface area contributed by atoms with Crippen molar-refractivity contribution in [3.8, 4) is 11.6 Å². The number of sulfonamides is 1. The molecule has 1 aromatic heterocycles. The zero-order valence-corrected chi connectivity index (χ0v) is 32.7. The number of Topliss-reactive ketones (excluding diaryl/α,β-unsaturated/α-hetero) is 1. The molecule has 14 heteroatoms. The third-order valence-electron chi connectivity index (χ3n) is 11.8. The van der Waals surface area contributed by atoms with E-state index in [0.29, 0.717) is 36.5 Å². The van der Waals surface area contributed by atoms with Crippen molar-refractivity contribution in [1.82, 2.24) is 14.6 Å². The molecular weight excluding hydrogens is 718 g/mol. The maximum atomic E-state index is 14.8. The maximum Gasteiger partial charge on any atom is 0.306 e. The van der Waals surface area contributed by atoms with Gasteiger partial charge in [-0.15, -0.1) is 0 Å². The number of esters is 1. The highest BCUT2D eigenvalue weighted by molar-refractivity contribution is 7.91. The van der Waals surface area contributed by atoms with Crippen molar-refractivity contribution < 1.29 is 46.2 Å². The largest absolute Gasteiger partial charge is 0.496 e. The zero-order chi connectivity index (χ0) is 39.2. The second-order valence-corrected chi connectivity index (χ2v) is 18.7. The van der Waals surface area contributed by atoms with E-state index in [1.54, 1.807) is 26.8 Å². The molecule has 12 nitrogen and oxygen atoms in total. The molecule has 2 amide bonds. The van der Waals surface area contributed by atoms with Gasteiger partial charge in [-0.2, -0.15) is 0 Å². The minimum Gasteiger partial charge on any atom is -0.496 e. The molecule has 3 fully saturated rings. The lowest BCUT2D eigenvalue weighted by Gasteiger charge is -2.32. The Hall–Kier alpha value is -4.07. The Bertz CT molecular complexity index is 1950. The van der Waals surface area contributed by atoms with E-state index < -0.39 is 67.6 Å². The maximum absolute atomic E-state index is 14.8. The van der Waals surface area contributed by atoms with Gasteiger partial charge in [0.2, 0.25) is 27.7 Å². The number of methoxy groups -OCH3 is 1. The second kappa shape index (κ2) is 15.2. The highest BCUT2D eigenvalue weighted by Gasteiger charge is 2.62. The van der Waals surface area contributed by atoms with Crippen LogP contribution in [-0.4, -0.2) is 78.5 Å². The first-order valence-corrected chi connectivity index (χ1v) is 20.5. The SMILES string of the molecule is COc1cc(F)cc2c(O[C@@H]3C[C@H]4C(=O)C[C@]5(C(=O)NS(=O)(=O)C6(C)CC6)C[C@H]5/C=C\CC[C@@H](C)C[C@@H](C)[C@H](CC(=O)OC(C)C)C(=O)N4C3)nccc12. The summed E-state index contributed by atoms with van der Waals surface area (Å²) in [5, 5.41) is 0.911. The number of hydrogen-bond donors (Lipinski definition) is 1. The molecule has 7 atom stereocenters. The van der Waals surface area contributed by atoms with E-state index in [2.05, 4.69) is 16.6 Å². The Morgan fingerprint density at radius 3 is 2.56 bits per heavy atom. The van der Waals surface area contributed by atoms with Crippen LogP contribution in [0.25, 0.3) is 10.8 Å². The molecule has 2 aliphatic heterocycles. The third kappa shape index (κ3) is 8.13. The molecule has 0 radical (unpaired) electrons. The Balaban J connectivity index is 1.36. The third-order valence-corrected chi connectivity index (χ3v) is 14.0. The number of halogens is 1. The zero-order valence-electron chi connectivity index (χ0n) is 31.9. The van der Waals surface area contributed by atoms with Gasteiger partial charge in [0.1, 0.15) is 17.7 Å². The number of fused-ring (bicyclic) bond motifs is 3. The van der Waals surface area contributed by atoms with Gasteiger partial charge in [-0.05, 0) is 89.2 Å². The van der Waals surface area contributed by atoms with E-state index in [4.69, 9.17) is 14.2 Å². The molecule has 4 aliphatic rings. The Morgan fingerprint density at radius 2 is 1.87 bits per heavy atom. The first-order chi connectivity index (χ1) is 25.5. The van der Waals surface area contributed by atoms with Gasteiger partial charge in [0.05, 0.1) is 53.7 Å². The first kappa shape index (κ1) is 39.6. The molecule has 2 aromatic rings. The summed E-state index contributed by atoms with van der Waals surface area (Å²) in [6.07, 6.45) is 7.15. The summed E-state index contributed by atoms with van der Waals surface area (Å²) in [5.41, 5.74) is -1.30. The number of ketones is 1. The summed E-state index contributed by atoms with van der Waals surface area (Å²) in [6, 6.07) is 3.16. The minimum absolute atomic E-state index is 0.0347. The van der Waals surface area contributed by atoms with Gasteiger partial charge in [-0.3, -0.25) is 23.9 Å². The van der Waals surface area contributed by atoms with Crippen LogP contribution >= 0.6 is 0 Å². The quantitative estimate of drug-likeness (QED) is 0.249. The molecule has 0 unspecified atom stereocenters. The van der Waals surface area contributed by atoms with Crippen molar-refractivity contribution in [2.45, 2.75) is 115 Å². The fraction of sp³-hybridized carbons (Fsp3) is 0.625. The van der Waals surface area contributed by atoms with Gasteiger partial charge in [-0.1, -0.05) is 26.0 Å². The van der Waals surface area contributed by atoms with E-state index >= 15 is 0 Å². The van der Waals surface area contributed by atoms with E-state index in [1.165, 1.54) is 30.3 Å². The number of nitrogens with one attached hydrogen (secondary N) is 1. The molecule has 294 valence electrons. The van der Waals surface area contributed by atoms with Crippen LogP contribution in [-0.2, 0) is 33.9 Å². The van der Waals surface area contributed by atoms with Crippen LogP contribution in [0.1, 0.15) is 92.4 Å². The van der Waals surface area contributed by atoms with Gasteiger partial charge in [0, 0.05) is 30.5 Å². The molecule has 0 spiro atoms. The lowest BCUT2D eigenvalue weighted by atomic mass is 9.82. The Kier molecular flexibility index (Phi) is 11.2. The van der Waals surface area contributed by atoms with Crippen LogP contribution in [0.3, 0.4) is 0 Å². The minimum atomic E-state index is -3.97. The fourth-order valence-corrected chi connectivity index (χ4v) is 9.52. The van der Waals surface area contributed by atoms with E-state index in [9.17, 15) is 32.0 Å². The lowest BCUT2D eigenvalue weighted by Crippen LogP contribution is -2.48. The number of amides is 2. The van der Waals surface area contributed by atoms with Crippen LogP contribution in [0, 0.1) is 34.9 Å². The fourth-order valence-electron chi connectivity index (χ4n) is 8.19. The number of rotatable bonds is 9. The Labute approximate surface area is 316 Å². The molecule has 2 saturated carbocycles. The molecule has 54 heavy (non-hydrogen) atoms. The molecule has 6 rings (SSSR count). The van der Waals surface area contributed by atoms with E-state index in [-0.39, 0.29) is 67.7 Å². The van der Waals surface area contributed by atoms with E-state index in [0.717, 1.165) is 6.42 Å². The number of nitrogens with zero attached hydrogens (tertiary/aromatic N) is 2. The Morgan fingerprint density at radius 1 is 1.13 bits per heavy atom. The summed E-state index contributed by atoms with van der Waals surface area (Å²) in [4.78, 5) is 62.2. The van der Waals surface area contributed by atoms with Crippen molar-refractivity contribution in [1.29, 1.82) is 0 Å². The molecule has 1 aromatic carbocycles. The van der Waals surface area contributed by atoms with Crippen molar-refractivity contribution in [3.63, 3.8) is 0 Å². The average Bonchev–Trinajstić information content (AvgIpc) is 3.98. The van der Waals surface area contributed by atoms with Crippen molar-refractivity contribution >= 4 is 44.4 Å². The van der Waals surface area contributed by atoms with Crippen molar-refractivity contribution in [2.75, 3.05) is 13.7 Å². The molecule has 1 saturated heterocycles. The predicted molar refractivity (Wildman–Crippen MR) is 198 cm³/mol. The summed E-state index contributed by atoms with van der Waals surface area (Å²) in [5.74, 6) is -3.44. The topological polar surface area (TPSA) is 158 Å². The number of benzene rings is 1. The first-order valence-electron chi connectivity index (χ1n) is 19.0. The molecular formula is C40H52FN3O9S. The summed E-state index contributed by atoms with van der Waals surface area (Å²) in [6.45, 7) is 9.07. The van der Waals surface area contributed by atoms with Crippen LogP contribution in [0.15, 0.2) is 36.5 Å². The summed E-state index contributed by atoms with van der Waals surface area (Å²) >= 11 is 0. The van der Waals surface area contributed by atoms with Gasteiger partial charge in [0.25, 0.3) is 0 Å². The standard InChI is InChI=1S/C40H52FN3O9S/c1-23(2)52-35(46)19-30-25(4)15-24(3)9-7-8-10-26-20-40(26,38(48)43-54(49,50)39(5)12-13-39)21-33(45)32-18-28(22-44(32)37(30)47)53-36-31-16-27(41)17-34(51-6)29(31)11-14-42-36/h8,10-11,14,16-17,23-26,28,30,32H,7,9,12-13,15,18-22H2,1-6H3,(H,43,48)/b10-8-/t24-,25-,26-,28-,30+,32+,40-/m1/s1. The molecule has 2 aliphatic carbocycles. The molecule has 3 heterocycles. The van der Waals surface area contributed by atoms with Gasteiger partial charge >= 0.3 is 5.97 Å². The lowest BCUT2D eigenvalue weighted by molar-refractivity contribution is -0.154. The van der Waals surface area contributed by atoms with Crippen molar-refractivity contribution in [3.05, 3.63) is 42.4 Å². The van der Waals surface area contributed by atoms with E-state index in [1.807, 2.05) is 19.1 Å². The number of ether oxygens (including phenoxy) is 3. The van der Waals surface area contributed by atoms with Gasteiger partial charge < -0.3 is 19.1 Å². The number of hydrogen-bond acceptors (Lipinski definition) is 10. The summed E-state index contributed by atoms with van der Waals surface area (Å²) in [7, 11) is -2.54. The van der Waals surface area contributed by atoms with Crippen LogP contribution in [0.4, 0.5) is 4.39 Å². The molecule has 0 bridgehead atoms. The number of aromatic nitrogens is 1. The smallest absolute Gasteiger partial charge is 0.306 e. The van der Waals surface area contributed by atoms with Crippen LogP contribution in [0.2, 0.25) is 0 Å². The normalized spacial score (nSPS) is 30.4. The second-order valence-electron chi connectivity index (χ2n) is 16.5. The van der Waals surface area contributed by atoms with Gasteiger partial charge in [0.15, 0.2) is 5.78 Å². The monoisotopic (exact) mass is 769 g/mol. The molecule has 1 N–H and O–H groups in total. The predicted octanol–water partition coefficient (Wildman–Crippen LogP) is 5.67. The number of allylic oxidation sites excluding steroid dienone is 2. The highest BCUT2D eigenvalue weighted by Crippen LogP contribution is 2.57. The number of pyridine rings is 1. The average molecular weight is 770 g/mol. The van der Waals surface area contributed by atoms with Gasteiger partial charge in [-0.25, -0.2) is 17.8 Å².